The van der Waals surface area contributed by atoms with Crippen molar-refractivity contribution in [2.75, 3.05) is 0 Å². The van der Waals surface area contributed by atoms with Gasteiger partial charge < -0.3 is 0 Å². The molecule has 0 amide bonds. The molecule has 1 atom stereocenters. The Labute approximate surface area is 87.3 Å². The number of rotatable bonds is 1. The molecule has 3 heteroatoms. The lowest BCUT2D eigenvalue weighted by Gasteiger charge is -1.94. The minimum atomic E-state index is 0.216. The summed E-state index contributed by atoms with van der Waals surface area (Å²) in [6, 6.07) is 2.28. The Balaban J connectivity index is 2.20. The van der Waals surface area contributed by atoms with Crippen LogP contribution in [0.1, 0.15) is 22.8 Å². The molecule has 0 saturated heterocycles. The third-order valence-corrected chi connectivity index (χ3v) is 4.61. The third kappa shape index (κ3) is 1.56. The van der Waals surface area contributed by atoms with Crippen molar-refractivity contribution in [1.29, 1.82) is 0 Å². The van der Waals surface area contributed by atoms with Crippen LogP contribution in [0.25, 0.3) is 0 Å². The normalized spacial score (nSPS) is 27.0. The molecule has 60 valence electrons. The van der Waals surface area contributed by atoms with Crippen LogP contribution in [0.15, 0.2) is 11.4 Å². The molecule has 1 heterocycles. The number of thiophene rings is 1. The van der Waals surface area contributed by atoms with Gasteiger partial charge in [0.15, 0.2) is 0 Å². The van der Waals surface area contributed by atoms with Crippen LogP contribution in [0, 0.1) is 6.92 Å². The van der Waals surface area contributed by atoms with E-state index in [-0.39, 0.29) is 3.23 Å². The predicted molar refractivity (Wildman–Crippen MR) is 57.0 cm³/mol. The molecule has 2 rings (SSSR count). The first kappa shape index (κ1) is 8.27. The van der Waals surface area contributed by atoms with Gasteiger partial charge in [-0.05, 0) is 30.4 Å². The van der Waals surface area contributed by atoms with Gasteiger partial charge in [-0.25, -0.2) is 0 Å². The quantitative estimate of drug-likeness (QED) is 0.686. The molecule has 1 aliphatic carbocycles. The van der Waals surface area contributed by atoms with Crippen molar-refractivity contribution < 1.29 is 0 Å². The van der Waals surface area contributed by atoms with E-state index in [1.165, 1.54) is 16.9 Å². The summed E-state index contributed by atoms with van der Waals surface area (Å²) in [5, 5.41) is 2.25. The second kappa shape index (κ2) is 2.57. The molecule has 1 fully saturated rings. The molecule has 1 aliphatic rings. The van der Waals surface area contributed by atoms with Crippen molar-refractivity contribution in [3.8, 4) is 0 Å². The molecule has 0 nitrogen and oxygen atoms in total. The highest BCUT2D eigenvalue weighted by molar-refractivity contribution is 9.25. The van der Waals surface area contributed by atoms with Gasteiger partial charge in [-0.15, -0.1) is 11.3 Å². The summed E-state index contributed by atoms with van der Waals surface area (Å²) in [7, 11) is 0. The van der Waals surface area contributed by atoms with Gasteiger partial charge >= 0.3 is 0 Å². The van der Waals surface area contributed by atoms with Crippen LogP contribution in [0.2, 0.25) is 0 Å². The lowest BCUT2D eigenvalue weighted by Crippen LogP contribution is -1.84. The van der Waals surface area contributed by atoms with E-state index in [1.807, 2.05) is 11.3 Å². The molecule has 1 saturated carbocycles. The Bertz CT molecular complexity index is 277. The van der Waals surface area contributed by atoms with Crippen molar-refractivity contribution in [2.24, 2.45) is 0 Å². The van der Waals surface area contributed by atoms with E-state index in [1.54, 1.807) is 0 Å². The maximum atomic E-state index is 3.62. The molecular formula is C8H8Br2S. The number of alkyl halides is 2. The summed E-state index contributed by atoms with van der Waals surface area (Å²) >= 11 is 9.07. The second-order valence-corrected chi connectivity index (χ2v) is 8.02. The van der Waals surface area contributed by atoms with Crippen molar-refractivity contribution >= 4 is 43.2 Å². The van der Waals surface area contributed by atoms with Gasteiger partial charge in [-0.3, -0.25) is 0 Å². The fourth-order valence-electron chi connectivity index (χ4n) is 1.22. The molecular weight excluding hydrogens is 288 g/mol. The summed E-state index contributed by atoms with van der Waals surface area (Å²) < 4.78 is 0.216. The molecule has 0 aliphatic heterocycles. The molecule has 0 bridgehead atoms. The first-order chi connectivity index (χ1) is 5.09. The molecule has 0 spiro atoms. The highest BCUT2D eigenvalue weighted by Gasteiger charge is 2.51. The minimum Gasteiger partial charge on any atom is -0.149 e. The largest absolute Gasteiger partial charge is 0.149 e. The highest BCUT2D eigenvalue weighted by atomic mass is 79.9. The van der Waals surface area contributed by atoms with Crippen molar-refractivity contribution in [3.05, 3.63) is 21.9 Å². The number of hydrogen-bond donors (Lipinski definition) is 0. The van der Waals surface area contributed by atoms with E-state index in [0.29, 0.717) is 5.92 Å². The molecule has 0 aromatic carbocycles. The highest BCUT2D eigenvalue weighted by Crippen LogP contribution is 2.62. The van der Waals surface area contributed by atoms with Crippen molar-refractivity contribution in [3.63, 3.8) is 0 Å². The molecule has 0 N–H and O–H groups in total. The number of hydrogen-bond acceptors (Lipinski definition) is 1. The molecule has 11 heavy (non-hydrogen) atoms. The summed E-state index contributed by atoms with van der Waals surface area (Å²) in [5.74, 6) is 0.687. The Kier molecular flexibility index (Phi) is 1.93. The Morgan fingerprint density at radius 2 is 2.27 bits per heavy atom. The fraction of sp³-hybridized carbons (Fsp3) is 0.500. The summed E-state index contributed by atoms with van der Waals surface area (Å²) in [5.41, 5.74) is 1.47. The fourth-order valence-corrected chi connectivity index (χ4v) is 3.16. The van der Waals surface area contributed by atoms with Crippen LogP contribution in [-0.2, 0) is 0 Å². The maximum Gasteiger partial charge on any atom is 0.0881 e. The number of aryl methyl sites for hydroxylation is 1. The van der Waals surface area contributed by atoms with Gasteiger partial charge in [-0.2, -0.15) is 0 Å². The average Bonchev–Trinajstić information content (AvgIpc) is 2.39. The van der Waals surface area contributed by atoms with Gasteiger partial charge in [0.2, 0.25) is 0 Å². The first-order valence-corrected chi connectivity index (χ1v) is 5.99. The van der Waals surface area contributed by atoms with E-state index in [0.717, 1.165) is 0 Å². The van der Waals surface area contributed by atoms with E-state index in [9.17, 15) is 0 Å². The smallest absolute Gasteiger partial charge is 0.0881 e. The van der Waals surface area contributed by atoms with Gasteiger partial charge in [0.25, 0.3) is 0 Å². The Hall–Kier alpha value is 0.660. The zero-order chi connectivity index (χ0) is 8.06. The van der Waals surface area contributed by atoms with E-state index >= 15 is 0 Å². The van der Waals surface area contributed by atoms with Gasteiger partial charge in [0, 0.05) is 10.8 Å². The maximum absolute atomic E-state index is 3.62. The summed E-state index contributed by atoms with van der Waals surface area (Å²) in [6.07, 6.45) is 1.21. The van der Waals surface area contributed by atoms with E-state index in [4.69, 9.17) is 0 Å². The van der Waals surface area contributed by atoms with Gasteiger partial charge in [0.1, 0.15) is 0 Å². The van der Waals surface area contributed by atoms with Crippen molar-refractivity contribution in [1.82, 2.24) is 0 Å². The molecule has 0 radical (unpaired) electrons. The third-order valence-electron chi connectivity index (χ3n) is 1.98. The zero-order valence-electron chi connectivity index (χ0n) is 6.10. The van der Waals surface area contributed by atoms with E-state index in [2.05, 4.69) is 50.2 Å². The first-order valence-electron chi connectivity index (χ1n) is 3.52. The second-order valence-electron chi connectivity index (χ2n) is 3.01. The predicted octanol–water partition coefficient (Wildman–Crippen LogP) is 4.03. The summed E-state index contributed by atoms with van der Waals surface area (Å²) in [6.45, 7) is 2.15. The monoisotopic (exact) mass is 294 g/mol. The zero-order valence-corrected chi connectivity index (χ0v) is 10.1. The standard InChI is InChI=1S/C8H8Br2S/c1-5-2-6(4-11-5)7-3-8(7,9)10/h2,4,7H,3H2,1H3. The van der Waals surface area contributed by atoms with Crippen LogP contribution in [0.3, 0.4) is 0 Å². The van der Waals surface area contributed by atoms with Crippen LogP contribution >= 0.6 is 43.2 Å². The average molecular weight is 296 g/mol. The number of halogens is 2. The van der Waals surface area contributed by atoms with Crippen LogP contribution < -0.4 is 0 Å². The van der Waals surface area contributed by atoms with Crippen molar-refractivity contribution in [2.45, 2.75) is 22.5 Å². The Morgan fingerprint density at radius 1 is 1.64 bits per heavy atom. The topological polar surface area (TPSA) is 0 Å². The minimum absolute atomic E-state index is 0.216. The van der Waals surface area contributed by atoms with Crippen LogP contribution in [0.4, 0.5) is 0 Å². The molecule has 1 aromatic heterocycles. The van der Waals surface area contributed by atoms with E-state index < -0.39 is 0 Å². The van der Waals surface area contributed by atoms with Crippen LogP contribution in [0.5, 0.6) is 0 Å². The SMILES string of the molecule is Cc1cc(C2CC2(Br)Br)cs1. The van der Waals surface area contributed by atoms with Crippen LogP contribution in [-0.4, -0.2) is 3.23 Å². The van der Waals surface area contributed by atoms with Gasteiger partial charge in [0.05, 0.1) is 3.23 Å². The van der Waals surface area contributed by atoms with Gasteiger partial charge in [-0.1, -0.05) is 31.9 Å². The Morgan fingerprint density at radius 3 is 2.64 bits per heavy atom. The lowest BCUT2D eigenvalue weighted by molar-refractivity contribution is 1.14. The molecule has 1 aromatic rings. The molecule has 1 unspecified atom stereocenters. The lowest BCUT2D eigenvalue weighted by atomic mass is 10.2. The summed E-state index contributed by atoms with van der Waals surface area (Å²) in [4.78, 5) is 1.41.